The number of halogens is 5. The first kappa shape index (κ1) is 21.0. The lowest BCUT2D eigenvalue weighted by atomic mass is 9.78. The second-order valence-electron chi connectivity index (χ2n) is 6.88. The molecule has 0 N–H and O–H groups in total. The van der Waals surface area contributed by atoms with E-state index in [0.29, 0.717) is 0 Å². The summed E-state index contributed by atoms with van der Waals surface area (Å²) in [5, 5.41) is -1.13. The molecule has 1 unspecified atom stereocenters. The number of hydrogen-bond donors (Lipinski definition) is 0. The second kappa shape index (κ2) is 7.36. The van der Waals surface area contributed by atoms with E-state index in [-0.39, 0.29) is 5.46 Å². The summed E-state index contributed by atoms with van der Waals surface area (Å²) in [7, 11) is -1.17. The van der Waals surface area contributed by atoms with Gasteiger partial charge in [-0.15, -0.1) is 0 Å². The van der Waals surface area contributed by atoms with Gasteiger partial charge in [0.05, 0.1) is 16.8 Å². The molecule has 1 aromatic rings. The van der Waals surface area contributed by atoms with E-state index in [4.69, 9.17) is 25.6 Å². The van der Waals surface area contributed by atoms with Gasteiger partial charge in [0, 0.05) is 5.46 Å². The van der Waals surface area contributed by atoms with E-state index >= 15 is 0 Å². The predicted molar refractivity (Wildman–Crippen MR) is 88.7 cm³/mol. The zero-order valence-corrected chi connectivity index (χ0v) is 15.4. The van der Waals surface area contributed by atoms with Crippen LogP contribution < -0.4 is 10.2 Å². The molecule has 1 heterocycles. The molecule has 10 heteroatoms. The molecule has 1 fully saturated rings. The van der Waals surface area contributed by atoms with Crippen LogP contribution in [0, 0.1) is 5.82 Å². The fourth-order valence-electron chi connectivity index (χ4n) is 2.28. The second-order valence-corrected chi connectivity index (χ2v) is 7.22. The van der Waals surface area contributed by atoms with Crippen molar-refractivity contribution < 1.29 is 36.4 Å². The maximum absolute atomic E-state index is 14.5. The van der Waals surface area contributed by atoms with E-state index in [9.17, 15) is 22.4 Å². The molecule has 1 saturated heterocycles. The van der Waals surface area contributed by atoms with Gasteiger partial charge in [-0.1, -0.05) is 0 Å². The number of ether oxygens (including phenoxy) is 1. The average molecular weight is 397 g/mol. The Morgan fingerprint density at radius 2 is 1.77 bits per heavy atom. The summed E-state index contributed by atoms with van der Waals surface area (Å²) in [6, 6.07) is 1.70. The molecule has 1 aromatic carbocycles. The molecule has 0 bridgehead atoms. The maximum atomic E-state index is 14.5. The summed E-state index contributed by atoms with van der Waals surface area (Å²) < 4.78 is 69.1. The topological polar surface area (TPSA) is 44.8 Å². The third-order valence-electron chi connectivity index (χ3n) is 4.53. The Morgan fingerprint density at radius 1 is 1.23 bits per heavy atom. The summed E-state index contributed by atoms with van der Waals surface area (Å²) in [5.41, 5.74) is -2.23. The molecular formula is C16H18BClF4O4. The fraction of sp³-hybridized carbons (Fsp3) is 0.562. The van der Waals surface area contributed by atoms with Crippen LogP contribution in [0.15, 0.2) is 12.1 Å². The van der Waals surface area contributed by atoms with E-state index in [1.807, 2.05) is 0 Å². The molecule has 0 amide bonds. The standard InChI is InChI=1S/C16H18BClF4O4/c1-15(2)16(3,4)26-17(25-15)9-6-11(24-12(7-19)14(21)22)8(13(18)23)5-10(9)20/h5-6,12,14H,7H2,1-4H3. The van der Waals surface area contributed by atoms with E-state index < -0.39 is 59.9 Å². The Kier molecular flexibility index (Phi) is 5.94. The summed E-state index contributed by atoms with van der Waals surface area (Å²) in [6.45, 7) is 5.48. The van der Waals surface area contributed by atoms with Crippen molar-refractivity contribution in [1.29, 1.82) is 0 Å². The van der Waals surface area contributed by atoms with Gasteiger partial charge in [-0.2, -0.15) is 0 Å². The van der Waals surface area contributed by atoms with Crippen molar-refractivity contribution in [3.8, 4) is 5.75 Å². The van der Waals surface area contributed by atoms with Gasteiger partial charge in [0.15, 0.2) is 6.10 Å². The average Bonchev–Trinajstić information content (AvgIpc) is 2.73. The van der Waals surface area contributed by atoms with Crippen molar-refractivity contribution in [3.63, 3.8) is 0 Å². The van der Waals surface area contributed by atoms with Crippen LogP contribution in [-0.4, -0.2) is 42.8 Å². The fourth-order valence-corrected chi connectivity index (χ4v) is 2.43. The zero-order chi connectivity index (χ0) is 19.9. The Bertz CT molecular complexity index is 683. The third kappa shape index (κ3) is 3.99. The highest BCUT2D eigenvalue weighted by Gasteiger charge is 2.52. The maximum Gasteiger partial charge on any atom is 0.497 e. The first-order valence-corrected chi connectivity index (χ1v) is 8.17. The van der Waals surface area contributed by atoms with E-state index in [0.717, 1.165) is 12.1 Å². The Labute approximate surface area is 153 Å². The molecule has 1 atom stereocenters. The van der Waals surface area contributed by atoms with Crippen molar-refractivity contribution >= 4 is 29.4 Å². The predicted octanol–water partition coefficient (Wildman–Crippen LogP) is 3.49. The lowest BCUT2D eigenvalue weighted by Gasteiger charge is -2.32. The van der Waals surface area contributed by atoms with Gasteiger partial charge in [-0.3, -0.25) is 4.79 Å². The van der Waals surface area contributed by atoms with Crippen molar-refractivity contribution in [2.24, 2.45) is 0 Å². The van der Waals surface area contributed by atoms with E-state index in [1.165, 1.54) is 0 Å². The molecule has 1 aliphatic heterocycles. The number of carbonyl (C=O) groups is 1. The van der Waals surface area contributed by atoms with Crippen LogP contribution in [0.3, 0.4) is 0 Å². The minimum absolute atomic E-state index is 0.174. The summed E-state index contributed by atoms with van der Waals surface area (Å²) in [4.78, 5) is 11.5. The highest BCUT2D eigenvalue weighted by atomic mass is 35.5. The highest BCUT2D eigenvalue weighted by molar-refractivity contribution is 6.68. The normalized spacial score (nSPS) is 19.7. The number of alkyl halides is 3. The molecule has 144 valence electrons. The number of carbonyl (C=O) groups excluding carboxylic acids is 1. The largest absolute Gasteiger partial charge is 0.497 e. The third-order valence-corrected chi connectivity index (χ3v) is 4.73. The van der Waals surface area contributed by atoms with Crippen molar-refractivity contribution in [3.05, 3.63) is 23.5 Å². The van der Waals surface area contributed by atoms with E-state index in [1.54, 1.807) is 27.7 Å². The van der Waals surface area contributed by atoms with Gasteiger partial charge in [0.2, 0.25) is 0 Å². The molecule has 2 rings (SSSR count). The molecule has 0 aliphatic carbocycles. The lowest BCUT2D eigenvalue weighted by Crippen LogP contribution is -2.41. The minimum Gasteiger partial charge on any atom is -0.481 e. The monoisotopic (exact) mass is 396 g/mol. The van der Waals surface area contributed by atoms with Crippen molar-refractivity contribution in [1.82, 2.24) is 0 Å². The van der Waals surface area contributed by atoms with Gasteiger partial charge >= 0.3 is 7.12 Å². The summed E-state index contributed by atoms with van der Waals surface area (Å²) in [5.74, 6) is -1.37. The Hall–Kier alpha value is -1.32. The first-order valence-electron chi connectivity index (χ1n) is 7.79. The van der Waals surface area contributed by atoms with Crippen molar-refractivity contribution in [2.45, 2.75) is 51.4 Å². The summed E-state index contributed by atoms with van der Waals surface area (Å²) >= 11 is 5.36. The number of rotatable bonds is 6. The number of hydrogen-bond acceptors (Lipinski definition) is 4. The van der Waals surface area contributed by atoms with Crippen LogP contribution in [0.1, 0.15) is 38.1 Å². The van der Waals surface area contributed by atoms with Gasteiger partial charge in [-0.05, 0) is 51.4 Å². The molecule has 0 saturated carbocycles. The molecule has 0 aromatic heterocycles. The molecule has 0 radical (unpaired) electrons. The Morgan fingerprint density at radius 3 is 2.19 bits per heavy atom. The van der Waals surface area contributed by atoms with Crippen LogP contribution in [-0.2, 0) is 9.31 Å². The van der Waals surface area contributed by atoms with Crippen LogP contribution in [0.25, 0.3) is 0 Å². The quantitative estimate of drug-likeness (QED) is 0.419. The molecule has 1 aliphatic rings. The van der Waals surface area contributed by atoms with E-state index in [2.05, 4.69) is 0 Å². The minimum atomic E-state index is -3.15. The first-order chi connectivity index (χ1) is 11.9. The number of benzene rings is 1. The lowest BCUT2D eigenvalue weighted by molar-refractivity contribution is -0.00149. The molecule has 0 spiro atoms. The van der Waals surface area contributed by atoms with Crippen LogP contribution in [0.4, 0.5) is 17.6 Å². The highest BCUT2D eigenvalue weighted by Crippen LogP contribution is 2.37. The van der Waals surface area contributed by atoms with Crippen LogP contribution >= 0.6 is 11.6 Å². The van der Waals surface area contributed by atoms with Crippen LogP contribution in [0.5, 0.6) is 5.75 Å². The van der Waals surface area contributed by atoms with Gasteiger partial charge in [0.25, 0.3) is 11.7 Å². The molecular weight excluding hydrogens is 378 g/mol. The van der Waals surface area contributed by atoms with Gasteiger partial charge < -0.3 is 14.0 Å². The smallest absolute Gasteiger partial charge is 0.481 e. The SMILES string of the molecule is CC1(C)OB(c2cc(OC(CF)C(F)F)c(C(=O)Cl)cc2F)OC1(C)C. The molecule has 26 heavy (non-hydrogen) atoms. The zero-order valence-electron chi connectivity index (χ0n) is 14.6. The van der Waals surface area contributed by atoms with Gasteiger partial charge in [-0.25, -0.2) is 17.6 Å². The van der Waals surface area contributed by atoms with Crippen molar-refractivity contribution in [2.75, 3.05) is 6.67 Å². The Balaban J connectivity index is 2.46. The van der Waals surface area contributed by atoms with Crippen LogP contribution in [0.2, 0.25) is 0 Å². The van der Waals surface area contributed by atoms with Gasteiger partial charge in [0.1, 0.15) is 18.2 Å². The molecule has 4 nitrogen and oxygen atoms in total. The summed E-state index contributed by atoms with van der Waals surface area (Å²) in [6.07, 6.45) is -5.27.